The molecule has 0 aromatic heterocycles. The van der Waals surface area contributed by atoms with E-state index in [-0.39, 0.29) is 25.2 Å². The summed E-state index contributed by atoms with van der Waals surface area (Å²) in [7, 11) is 0. The lowest BCUT2D eigenvalue weighted by Crippen LogP contribution is -2.11. The number of aliphatic carboxylic acids is 1. The first-order chi connectivity index (χ1) is 7.57. The van der Waals surface area contributed by atoms with Crippen LogP contribution in [0.25, 0.3) is 0 Å². The SMILES string of the molecule is C=C(CC(=O)O)C(=O)OCCCCCCO. The topological polar surface area (TPSA) is 83.8 Å². The van der Waals surface area contributed by atoms with Crippen molar-refractivity contribution in [2.75, 3.05) is 13.2 Å². The molecule has 0 spiro atoms. The molecule has 5 heteroatoms. The quantitative estimate of drug-likeness (QED) is 0.352. The highest BCUT2D eigenvalue weighted by Gasteiger charge is 2.11. The van der Waals surface area contributed by atoms with Gasteiger partial charge >= 0.3 is 11.9 Å². The van der Waals surface area contributed by atoms with Crippen molar-refractivity contribution in [2.24, 2.45) is 0 Å². The second kappa shape index (κ2) is 8.91. The van der Waals surface area contributed by atoms with Gasteiger partial charge in [-0.1, -0.05) is 13.0 Å². The van der Waals surface area contributed by atoms with Crippen molar-refractivity contribution in [3.8, 4) is 0 Å². The zero-order chi connectivity index (χ0) is 12.4. The summed E-state index contributed by atoms with van der Waals surface area (Å²) in [5, 5.41) is 16.9. The standard InChI is InChI=1S/C11H18O5/c1-9(8-10(13)14)11(15)16-7-5-3-2-4-6-12/h12H,1-8H2,(H,13,14). The highest BCUT2D eigenvalue weighted by Crippen LogP contribution is 2.04. The van der Waals surface area contributed by atoms with Gasteiger partial charge in [0.15, 0.2) is 0 Å². The molecule has 0 bridgehead atoms. The van der Waals surface area contributed by atoms with E-state index < -0.39 is 11.9 Å². The van der Waals surface area contributed by atoms with E-state index >= 15 is 0 Å². The van der Waals surface area contributed by atoms with E-state index in [2.05, 4.69) is 6.58 Å². The molecule has 0 aliphatic carbocycles. The predicted octanol–water partition coefficient (Wildman–Crippen LogP) is 1.11. The Morgan fingerprint density at radius 1 is 1.12 bits per heavy atom. The second-order valence-corrected chi connectivity index (χ2v) is 3.45. The predicted molar refractivity (Wildman–Crippen MR) is 57.9 cm³/mol. The minimum absolute atomic E-state index is 0.0390. The van der Waals surface area contributed by atoms with Crippen molar-refractivity contribution >= 4 is 11.9 Å². The van der Waals surface area contributed by atoms with Gasteiger partial charge in [0.25, 0.3) is 0 Å². The van der Waals surface area contributed by atoms with Crippen LogP contribution in [0.1, 0.15) is 32.1 Å². The van der Waals surface area contributed by atoms with Crippen LogP contribution in [-0.4, -0.2) is 35.4 Å². The van der Waals surface area contributed by atoms with E-state index in [4.69, 9.17) is 14.9 Å². The summed E-state index contributed by atoms with van der Waals surface area (Å²) >= 11 is 0. The average molecular weight is 230 g/mol. The van der Waals surface area contributed by atoms with E-state index in [9.17, 15) is 9.59 Å². The molecule has 92 valence electrons. The zero-order valence-corrected chi connectivity index (χ0v) is 9.28. The van der Waals surface area contributed by atoms with Gasteiger partial charge in [-0.2, -0.15) is 0 Å². The van der Waals surface area contributed by atoms with Crippen molar-refractivity contribution in [1.29, 1.82) is 0 Å². The van der Waals surface area contributed by atoms with E-state index in [1.165, 1.54) is 0 Å². The Morgan fingerprint density at radius 2 is 1.75 bits per heavy atom. The third-order valence-corrected chi connectivity index (χ3v) is 1.94. The Balaban J connectivity index is 3.50. The third kappa shape index (κ3) is 7.99. The fraction of sp³-hybridized carbons (Fsp3) is 0.636. The number of esters is 1. The number of carboxylic acids is 1. The number of rotatable bonds is 9. The minimum atomic E-state index is -1.09. The van der Waals surface area contributed by atoms with Crippen LogP contribution in [0.5, 0.6) is 0 Å². The molecule has 0 fully saturated rings. The maximum absolute atomic E-state index is 11.1. The summed E-state index contributed by atoms with van der Waals surface area (Å²) in [5.74, 6) is -1.74. The molecule has 0 heterocycles. The van der Waals surface area contributed by atoms with Gasteiger partial charge in [-0.25, -0.2) is 4.79 Å². The van der Waals surface area contributed by atoms with Crippen LogP contribution >= 0.6 is 0 Å². The summed E-state index contributed by atoms with van der Waals surface area (Å²) in [5.41, 5.74) is -0.0390. The van der Waals surface area contributed by atoms with Crippen LogP contribution in [0.15, 0.2) is 12.2 Å². The van der Waals surface area contributed by atoms with Crippen molar-refractivity contribution in [1.82, 2.24) is 0 Å². The summed E-state index contributed by atoms with van der Waals surface area (Å²) < 4.78 is 4.82. The first-order valence-corrected chi connectivity index (χ1v) is 5.25. The lowest BCUT2D eigenvalue weighted by atomic mass is 10.2. The van der Waals surface area contributed by atoms with E-state index in [1.54, 1.807) is 0 Å². The molecular formula is C11H18O5. The van der Waals surface area contributed by atoms with Gasteiger partial charge in [0.05, 0.1) is 13.0 Å². The Kier molecular flexibility index (Phi) is 8.15. The molecule has 0 aromatic rings. The van der Waals surface area contributed by atoms with Gasteiger partial charge in [-0.15, -0.1) is 0 Å². The number of carbonyl (C=O) groups excluding carboxylic acids is 1. The summed E-state index contributed by atoms with van der Waals surface area (Å²) in [6, 6.07) is 0. The van der Waals surface area contributed by atoms with E-state index in [1.807, 2.05) is 0 Å². The fourth-order valence-electron chi connectivity index (χ4n) is 1.09. The summed E-state index contributed by atoms with van der Waals surface area (Å²) in [6.07, 6.45) is 2.85. The fourth-order valence-corrected chi connectivity index (χ4v) is 1.09. The molecule has 0 saturated heterocycles. The summed E-state index contributed by atoms with van der Waals surface area (Å²) in [4.78, 5) is 21.4. The highest BCUT2D eigenvalue weighted by atomic mass is 16.5. The number of carbonyl (C=O) groups is 2. The number of aliphatic hydroxyl groups is 1. The molecule has 0 amide bonds. The van der Waals surface area contributed by atoms with Gasteiger partial charge in [0.2, 0.25) is 0 Å². The van der Waals surface area contributed by atoms with Gasteiger partial charge < -0.3 is 14.9 Å². The number of carboxylic acid groups (broad SMARTS) is 1. The largest absolute Gasteiger partial charge is 0.481 e. The molecule has 0 radical (unpaired) electrons. The third-order valence-electron chi connectivity index (χ3n) is 1.94. The van der Waals surface area contributed by atoms with Gasteiger partial charge in [0, 0.05) is 12.2 Å². The molecule has 0 unspecified atom stereocenters. The van der Waals surface area contributed by atoms with E-state index in [0.717, 1.165) is 19.3 Å². The molecule has 0 rings (SSSR count). The molecule has 0 atom stereocenters. The first kappa shape index (κ1) is 14.6. The van der Waals surface area contributed by atoms with Crippen LogP contribution in [0.4, 0.5) is 0 Å². The van der Waals surface area contributed by atoms with Crippen molar-refractivity contribution in [3.63, 3.8) is 0 Å². The zero-order valence-electron chi connectivity index (χ0n) is 9.28. The van der Waals surface area contributed by atoms with Crippen molar-refractivity contribution in [3.05, 3.63) is 12.2 Å². The number of aliphatic hydroxyl groups excluding tert-OH is 1. The molecule has 0 saturated carbocycles. The monoisotopic (exact) mass is 230 g/mol. The Labute approximate surface area is 94.7 Å². The van der Waals surface area contributed by atoms with Crippen LogP contribution in [-0.2, 0) is 14.3 Å². The lowest BCUT2D eigenvalue weighted by Gasteiger charge is -2.05. The van der Waals surface area contributed by atoms with Crippen molar-refractivity contribution in [2.45, 2.75) is 32.1 Å². The molecule has 16 heavy (non-hydrogen) atoms. The minimum Gasteiger partial charge on any atom is -0.481 e. The molecule has 0 aromatic carbocycles. The van der Waals surface area contributed by atoms with Gasteiger partial charge in [-0.05, 0) is 19.3 Å². The highest BCUT2D eigenvalue weighted by molar-refractivity contribution is 5.92. The normalized spacial score (nSPS) is 9.81. The number of hydrogen-bond acceptors (Lipinski definition) is 4. The average Bonchev–Trinajstić information content (AvgIpc) is 2.21. The number of ether oxygens (including phenoxy) is 1. The Bertz CT molecular complexity index is 247. The molecular weight excluding hydrogens is 212 g/mol. The number of hydrogen-bond donors (Lipinski definition) is 2. The Morgan fingerprint density at radius 3 is 2.31 bits per heavy atom. The molecule has 2 N–H and O–H groups in total. The molecule has 0 aliphatic rings. The summed E-state index contributed by atoms with van der Waals surface area (Å²) in [6.45, 7) is 3.78. The van der Waals surface area contributed by atoms with Crippen LogP contribution in [0, 0.1) is 0 Å². The maximum Gasteiger partial charge on any atom is 0.333 e. The molecule has 5 nitrogen and oxygen atoms in total. The Hall–Kier alpha value is -1.36. The number of unbranched alkanes of at least 4 members (excludes halogenated alkanes) is 3. The van der Waals surface area contributed by atoms with Crippen LogP contribution in [0.2, 0.25) is 0 Å². The van der Waals surface area contributed by atoms with E-state index in [0.29, 0.717) is 6.42 Å². The second-order valence-electron chi connectivity index (χ2n) is 3.45. The first-order valence-electron chi connectivity index (χ1n) is 5.25. The van der Waals surface area contributed by atoms with Gasteiger partial charge in [0.1, 0.15) is 0 Å². The smallest absolute Gasteiger partial charge is 0.333 e. The van der Waals surface area contributed by atoms with Gasteiger partial charge in [-0.3, -0.25) is 4.79 Å². The maximum atomic E-state index is 11.1. The lowest BCUT2D eigenvalue weighted by molar-refractivity contribution is -0.142. The molecule has 0 aliphatic heterocycles. The van der Waals surface area contributed by atoms with Crippen molar-refractivity contribution < 1.29 is 24.5 Å². The van der Waals surface area contributed by atoms with Crippen LogP contribution in [0.3, 0.4) is 0 Å². The van der Waals surface area contributed by atoms with Crippen LogP contribution < -0.4 is 0 Å².